The molecular formula is C20H19N3O5. The molecule has 1 aromatic heterocycles. The summed E-state index contributed by atoms with van der Waals surface area (Å²) >= 11 is 0. The number of nitroso groups, excluding NO2 is 1. The third-order valence-electron chi connectivity index (χ3n) is 4.30. The fourth-order valence-corrected chi connectivity index (χ4v) is 2.84. The van der Waals surface area contributed by atoms with Crippen LogP contribution in [-0.2, 0) is 11.2 Å². The van der Waals surface area contributed by atoms with Crippen LogP contribution in [0.4, 0.5) is 0 Å². The van der Waals surface area contributed by atoms with Crippen molar-refractivity contribution in [1.29, 1.82) is 0 Å². The summed E-state index contributed by atoms with van der Waals surface area (Å²) in [5.74, 6) is -0.176. The van der Waals surface area contributed by atoms with Crippen LogP contribution in [0.2, 0.25) is 0 Å². The first-order valence-electron chi connectivity index (χ1n) is 8.62. The Labute approximate surface area is 160 Å². The molecule has 28 heavy (non-hydrogen) atoms. The van der Waals surface area contributed by atoms with Gasteiger partial charge in [0, 0.05) is 13.3 Å². The minimum atomic E-state index is -0.490. The number of nitrogens with one attached hydrogen (secondary N) is 1. The number of hydrogen-bond donors (Lipinski definition) is 2. The fourth-order valence-electron chi connectivity index (χ4n) is 2.84. The maximum atomic E-state index is 12.3. The molecule has 0 fully saturated rings. The number of imidazole rings is 1. The van der Waals surface area contributed by atoms with Crippen LogP contribution in [0.25, 0.3) is 5.69 Å². The van der Waals surface area contributed by atoms with Crippen LogP contribution >= 0.6 is 0 Å². The van der Waals surface area contributed by atoms with E-state index in [1.165, 1.54) is 6.92 Å². The zero-order valence-corrected chi connectivity index (χ0v) is 15.4. The Morgan fingerprint density at radius 2 is 1.82 bits per heavy atom. The van der Waals surface area contributed by atoms with Gasteiger partial charge in [-0.2, -0.15) is 4.91 Å². The maximum Gasteiger partial charge on any atom is 0.333 e. The molecule has 0 amide bonds. The molecule has 3 rings (SSSR count). The highest BCUT2D eigenvalue weighted by molar-refractivity contribution is 5.69. The Morgan fingerprint density at radius 3 is 2.39 bits per heavy atom. The summed E-state index contributed by atoms with van der Waals surface area (Å²) in [4.78, 5) is 36.6. The van der Waals surface area contributed by atoms with Gasteiger partial charge in [-0.1, -0.05) is 29.4 Å². The van der Waals surface area contributed by atoms with Crippen molar-refractivity contribution in [3.05, 3.63) is 80.7 Å². The minimum absolute atomic E-state index is 0.191. The summed E-state index contributed by atoms with van der Waals surface area (Å²) in [5, 5.41) is 13.5. The number of hydrogen-bond acceptors (Lipinski definition) is 6. The molecule has 2 aromatic carbocycles. The van der Waals surface area contributed by atoms with E-state index in [4.69, 9.17) is 4.74 Å². The maximum absolute atomic E-state index is 12.3. The number of nitrogens with zero attached hydrogens (tertiary/aromatic N) is 2. The van der Waals surface area contributed by atoms with Crippen molar-refractivity contribution in [1.82, 2.24) is 9.55 Å². The van der Waals surface area contributed by atoms with E-state index >= 15 is 0 Å². The highest BCUT2D eigenvalue weighted by Crippen LogP contribution is 2.24. The van der Waals surface area contributed by atoms with Crippen LogP contribution in [0.1, 0.15) is 36.7 Å². The zero-order chi connectivity index (χ0) is 20.3. The molecule has 144 valence electrons. The first-order chi connectivity index (χ1) is 13.4. The Bertz CT molecular complexity index is 1050. The molecule has 0 aliphatic heterocycles. The van der Waals surface area contributed by atoms with E-state index in [2.05, 4.69) is 10.2 Å². The quantitative estimate of drug-likeness (QED) is 0.387. The van der Waals surface area contributed by atoms with E-state index in [-0.39, 0.29) is 5.88 Å². The second-order valence-corrected chi connectivity index (χ2v) is 6.36. The Balaban J connectivity index is 1.85. The van der Waals surface area contributed by atoms with Crippen LogP contribution in [0.3, 0.4) is 0 Å². The molecule has 0 saturated carbocycles. The molecule has 1 unspecified atom stereocenters. The van der Waals surface area contributed by atoms with Crippen LogP contribution in [0.5, 0.6) is 11.6 Å². The molecule has 2 N–H and O–H groups in total. The van der Waals surface area contributed by atoms with Gasteiger partial charge >= 0.3 is 11.7 Å². The van der Waals surface area contributed by atoms with Crippen molar-refractivity contribution in [2.45, 2.75) is 26.3 Å². The number of carbonyl (C=O) groups is 1. The average Bonchev–Trinajstić information content (AvgIpc) is 2.95. The van der Waals surface area contributed by atoms with E-state index in [0.717, 1.165) is 15.7 Å². The van der Waals surface area contributed by atoms with E-state index < -0.39 is 17.7 Å². The molecule has 0 spiro atoms. The average molecular weight is 381 g/mol. The standard InChI is InChI=1S/C20H19N3O5/c1-12(22-27)15-5-7-16(8-6-15)23-19(25)18(21-20(23)26)11-14-3-9-17(10-4-14)28-13(2)24/h3-10,12,25H,11H2,1-2H3,(H,21,26). The number of H-pyrrole nitrogens is 1. The number of ether oxygens (including phenoxy) is 1. The van der Waals surface area contributed by atoms with Gasteiger partial charge in [0.05, 0.1) is 11.4 Å². The lowest BCUT2D eigenvalue weighted by atomic mass is 10.1. The Kier molecular flexibility index (Phi) is 5.39. The molecule has 8 nitrogen and oxygen atoms in total. The topological polar surface area (TPSA) is 114 Å². The van der Waals surface area contributed by atoms with E-state index in [1.54, 1.807) is 55.5 Å². The van der Waals surface area contributed by atoms with Gasteiger partial charge in [-0.3, -0.25) is 4.79 Å². The third-order valence-corrected chi connectivity index (χ3v) is 4.30. The minimum Gasteiger partial charge on any atom is -0.493 e. The molecule has 0 saturated heterocycles. The summed E-state index contributed by atoms with van der Waals surface area (Å²) in [6, 6.07) is 12.9. The van der Waals surface area contributed by atoms with Crippen LogP contribution in [-0.4, -0.2) is 20.6 Å². The van der Waals surface area contributed by atoms with E-state index in [1.807, 2.05) is 0 Å². The van der Waals surface area contributed by atoms with Gasteiger partial charge in [0.25, 0.3) is 0 Å². The molecular weight excluding hydrogens is 362 g/mol. The molecule has 0 bridgehead atoms. The van der Waals surface area contributed by atoms with Gasteiger partial charge in [-0.05, 0) is 42.3 Å². The number of aromatic nitrogens is 2. The SMILES string of the molecule is CC(=O)Oc1ccc(Cc2[nH]c(=O)n(-c3ccc(C(C)N=O)cc3)c2O)cc1. The van der Waals surface area contributed by atoms with Crippen molar-refractivity contribution in [2.75, 3.05) is 0 Å². The number of carbonyl (C=O) groups excluding carboxylic acids is 1. The van der Waals surface area contributed by atoms with Crippen molar-refractivity contribution < 1.29 is 14.6 Å². The number of aromatic amines is 1. The summed E-state index contributed by atoms with van der Waals surface area (Å²) in [6.45, 7) is 2.99. The lowest BCUT2D eigenvalue weighted by molar-refractivity contribution is -0.131. The lowest BCUT2D eigenvalue weighted by Crippen LogP contribution is -2.14. The van der Waals surface area contributed by atoms with Crippen LogP contribution in [0.15, 0.2) is 58.5 Å². The normalized spacial score (nSPS) is 11.8. The van der Waals surface area contributed by atoms with Gasteiger partial charge < -0.3 is 14.8 Å². The van der Waals surface area contributed by atoms with Gasteiger partial charge in [-0.15, -0.1) is 0 Å². The van der Waals surface area contributed by atoms with Crippen LogP contribution in [0, 0.1) is 4.91 Å². The largest absolute Gasteiger partial charge is 0.493 e. The molecule has 0 radical (unpaired) electrons. The molecule has 3 aromatic rings. The van der Waals surface area contributed by atoms with Gasteiger partial charge in [0.2, 0.25) is 5.88 Å². The first kappa shape index (κ1) is 19.1. The Hall–Kier alpha value is -3.68. The van der Waals surface area contributed by atoms with Gasteiger partial charge in [-0.25, -0.2) is 9.36 Å². The van der Waals surface area contributed by atoms with Crippen molar-refractivity contribution in [2.24, 2.45) is 5.18 Å². The number of benzene rings is 2. The third kappa shape index (κ3) is 4.01. The monoisotopic (exact) mass is 381 g/mol. The number of esters is 1. The first-order valence-corrected chi connectivity index (χ1v) is 8.62. The highest BCUT2D eigenvalue weighted by atomic mass is 16.5. The number of aromatic hydroxyl groups is 1. The molecule has 8 heteroatoms. The summed E-state index contributed by atoms with van der Waals surface area (Å²) in [5.41, 5.74) is 1.89. The molecule has 1 atom stereocenters. The zero-order valence-electron chi connectivity index (χ0n) is 15.4. The molecule has 0 aliphatic rings. The number of rotatable bonds is 6. The molecule has 1 heterocycles. The fraction of sp³-hybridized carbons (Fsp3) is 0.200. The Morgan fingerprint density at radius 1 is 1.18 bits per heavy atom. The van der Waals surface area contributed by atoms with Crippen molar-refractivity contribution in [3.63, 3.8) is 0 Å². The van der Waals surface area contributed by atoms with E-state index in [9.17, 15) is 19.6 Å². The predicted molar refractivity (Wildman–Crippen MR) is 103 cm³/mol. The van der Waals surface area contributed by atoms with Crippen LogP contribution < -0.4 is 10.4 Å². The molecule has 0 aliphatic carbocycles. The predicted octanol–water partition coefficient (Wildman–Crippen LogP) is 3.21. The summed E-state index contributed by atoms with van der Waals surface area (Å²) in [7, 11) is 0. The summed E-state index contributed by atoms with van der Waals surface area (Å²) in [6.07, 6.45) is 0.290. The smallest absolute Gasteiger partial charge is 0.333 e. The van der Waals surface area contributed by atoms with Crippen molar-refractivity contribution >= 4 is 5.97 Å². The van der Waals surface area contributed by atoms with Gasteiger partial charge in [0.1, 0.15) is 11.8 Å². The van der Waals surface area contributed by atoms with Crippen molar-refractivity contribution in [3.8, 4) is 17.3 Å². The second kappa shape index (κ2) is 7.91. The van der Waals surface area contributed by atoms with Gasteiger partial charge in [0.15, 0.2) is 0 Å². The summed E-state index contributed by atoms with van der Waals surface area (Å²) < 4.78 is 6.14. The van der Waals surface area contributed by atoms with E-state index in [0.29, 0.717) is 23.6 Å². The highest BCUT2D eigenvalue weighted by Gasteiger charge is 2.16. The lowest BCUT2D eigenvalue weighted by Gasteiger charge is -2.07. The second-order valence-electron chi connectivity index (χ2n) is 6.36.